The summed E-state index contributed by atoms with van der Waals surface area (Å²) in [7, 11) is 0. The molecule has 0 saturated heterocycles. The predicted octanol–water partition coefficient (Wildman–Crippen LogP) is 2.94. The van der Waals surface area contributed by atoms with Gasteiger partial charge in [-0.05, 0) is 25.0 Å². The first-order valence-corrected chi connectivity index (χ1v) is 6.07. The van der Waals surface area contributed by atoms with Crippen molar-refractivity contribution in [3.05, 3.63) is 39.7 Å². The molecule has 1 amide bonds. The number of carbonyl (C=O) groups is 1. The number of nitrogens with zero attached hydrogens (tertiary/aromatic N) is 1. The lowest BCUT2D eigenvalue weighted by molar-refractivity contribution is -0.117. The predicted molar refractivity (Wildman–Crippen MR) is 66.1 cm³/mol. The topological polar surface area (TPSA) is 52.9 Å². The van der Waals surface area contributed by atoms with Crippen molar-refractivity contribution in [2.45, 2.75) is 18.9 Å². The van der Waals surface area contributed by atoms with Gasteiger partial charge < -0.3 is 5.32 Å². The van der Waals surface area contributed by atoms with Gasteiger partial charge >= 0.3 is 0 Å². The lowest BCUT2D eigenvalue weighted by Gasteiger charge is -2.04. The molecule has 1 fully saturated rings. The summed E-state index contributed by atoms with van der Waals surface area (Å²) in [6, 6.07) is 2.14. The first kappa shape index (κ1) is 14.4. The number of halogens is 4. The Bertz CT molecular complexity index is 648. The largest absolute Gasteiger partial charge is 0.349 e. The van der Waals surface area contributed by atoms with Crippen molar-refractivity contribution < 1.29 is 18.0 Å². The molecule has 0 atom stereocenters. The highest BCUT2D eigenvalue weighted by atomic mass is 35.5. The van der Waals surface area contributed by atoms with Gasteiger partial charge in [-0.2, -0.15) is 5.26 Å². The van der Waals surface area contributed by atoms with Gasteiger partial charge in [-0.15, -0.1) is 0 Å². The van der Waals surface area contributed by atoms with E-state index in [0.29, 0.717) is 6.07 Å². The average molecular weight is 301 g/mol. The number of benzene rings is 1. The molecule has 0 heterocycles. The van der Waals surface area contributed by atoms with E-state index in [-0.39, 0.29) is 6.04 Å². The van der Waals surface area contributed by atoms with Crippen molar-refractivity contribution in [1.82, 2.24) is 5.32 Å². The summed E-state index contributed by atoms with van der Waals surface area (Å²) in [5.74, 6) is -4.78. The second-order valence-corrected chi connectivity index (χ2v) is 4.69. The van der Waals surface area contributed by atoms with E-state index in [1.807, 2.05) is 0 Å². The highest BCUT2D eigenvalue weighted by Crippen LogP contribution is 2.26. The Hall–Kier alpha value is -2.00. The zero-order valence-electron chi connectivity index (χ0n) is 10.0. The zero-order valence-corrected chi connectivity index (χ0v) is 10.8. The third-order valence-electron chi connectivity index (χ3n) is 2.71. The van der Waals surface area contributed by atoms with Crippen LogP contribution in [0.4, 0.5) is 13.2 Å². The van der Waals surface area contributed by atoms with Gasteiger partial charge in [0, 0.05) is 11.6 Å². The van der Waals surface area contributed by atoms with Gasteiger partial charge in [-0.25, -0.2) is 13.2 Å². The molecule has 3 nitrogen and oxygen atoms in total. The van der Waals surface area contributed by atoms with Crippen LogP contribution in [-0.2, 0) is 4.79 Å². The van der Waals surface area contributed by atoms with E-state index >= 15 is 0 Å². The van der Waals surface area contributed by atoms with Crippen LogP contribution in [0.3, 0.4) is 0 Å². The highest BCUT2D eigenvalue weighted by molar-refractivity contribution is 6.31. The fraction of sp³-hybridized carbons (Fsp3) is 0.231. The first-order valence-electron chi connectivity index (χ1n) is 5.69. The molecule has 20 heavy (non-hydrogen) atoms. The number of nitriles is 1. The summed E-state index contributed by atoms with van der Waals surface area (Å²) in [6.07, 6.45) is 2.47. The maximum absolute atomic E-state index is 13.7. The third kappa shape index (κ3) is 2.94. The van der Waals surface area contributed by atoms with E-state index in [2.05, 4.69) is 5.32 Å². The molecule has 1 aliphatic carbocycles. The van der Waals surface area contributed by atoms with E-state index in [0.717, 1.165) is 18.9 Å². The SMILES string of the molecule is N#CC(=Cc1cc(F)c(F)c(Cl)c1F)C(=O)NC1CC1. The molecule has 1 aromatic rings. The van der Waals surface area contributed by atoms with Gasteiger partial charge in [0.25, 0.3) is 5.91 Å². The van der Waals surface area contributed by atoms with Crippen LogP contribution in [0, 0.1) is 28.8 Å². The van der Waals surface area contributed by atoms with E-state index < -0.39 is 39.5 Å². The maximum atomic E-state index is 13.7. The Balaban J connectivity index is 2.37. The molecule has 1 aliphatic rings. The quantitative estimate of drug-likeness (QED) is 0.404. The summed E-state index contributed by atoms with van der Waals surface area (Å²) < 4.78 is 39.8. The van der Waals surface area contributed by atoms with E-state index in [4.69, 9.17) is 16.9 Å². The molecule has 2 rings (SSSR count). The van der Waals surface area contributed by atoms with Gasteiger partial charge in [-0.3, -0.25) is 4.79 Å². The van der Waals surface area contributed by atoms with Gasteiger partial charge in [0.05, 0.1) is 0 Å². The van der Waals surface area contributed by atoms with Crippen LogP contribution in [0.15, 0.2) is 11.6 Å². The van der Waals surface area contributed by atoms with Crippen LogP contribution in [0.2, 0.25) is 5.02 Å². The van der Waals surface area contributed by atoms with Crippen molar-refractivity contribution in [1.29, 1.82) is 5.26 Å². The zero-order chi connectivity index (χ0) is 14.9. The Kier molecular flexibility index (Phi) is 4.00. The smallest absolute Gasteiger partial charge is 0.262 e. The van der Waals surface area contributed by atoms with Gasteiger partial charge in [0.2, 0.25) is 0 Å². The highest BCUT2D eigenvalue weighted by Gasteiger charge is 2.25. The molecule has 7 heteroatoms. The van der Waals surface area contributed by atoms with Crippen molar-refractivity contribution in [3.8, 4) is 6.07 Å². The number of nitrogens with one attached hydrogen (secondary N) is 1. The van der Waals surface area contributed by atoms with Crippen molar-refractivity contribution >= 4 is 23.6 Å². The minimum Gasteiger partial charge on any atom is -0.349 e. The summed E-state index contributed by atoms with van der Waals surface area (Å²) in [5, 5.41) is 10.4. The lowest BCUT2D eigenvalue weighted by atomic mass is 10.1. The number of rotatable bonds is 3. The second kappa shape index (κ2) is 5.55. The Morgan fingerprint density at radius 2 is 2.05 bits per heavy atom. The van der Waals surface area contributed by atoms with Gasteiger partial charge in [0.15, 0.2) is 17.5 Å². The van der Waals surface area contributed by atoms with Crippen molar-refractivity contribution in [3.63, 3.8) is 0 Å². The number of hydrogen-bond acceptors (Lipinski definition) is 2. The maximum Gasteiger partial charge on any atom is 0.262 e. The Morgan fingerprint density at radius 1 is 1.40 bits per heavy atom. The molecule has 0 aliphatic heterocycles. The Labute approximate surface area is 117 Å². The van der Waals surface area contributed by atoms with E-state index in [1.165, 1.54) is 0 Å². The molecule has 0 unspecified atom stereocenters. The normalized spacial score (nSPS) is 14.8. The van der Waals surface area contributed by atoms with Crippen LogP contribution >= 0.6 is 11.6 Å². The van der Waals surface area contributed by atoms with E-state index in [1.54, 1.807) is 6.07 Å². The van der Waals surface area contributed by atoms with Crippen molar-refractivity contribution in [2.24, 2.45) is 0 Å². The second-order valence-electron chi connectivity index (χ2n) is 4.31. The molecule has 104 valence electrons. The van der Waals surface area contributed by atoms with Crippen LogP contribution < -0.4 is 5.32 Å². The number of hydrogen-bond donors (Lipinski definition) is 1. The van der Waals surface area contributed by atoms with Gasteiger partial charge in [-0.1, -0.05) is 11.6 Å². The summed E-state index contributed by atoms with van der Waals surface area (Å²) >= 11 is 5.29. The summed E-state index contributed by atoms with van der Waals surface area (Å²) in [6.45, 7) is 0. The molecule has 0 spiro atoms. The van der Waals surface area contributed by atoms with Crippen molar-refractivity contribution in [2.75, 3.05) is 0 Å². The molecule has 1 aromatic carbocycles. The van der Waals surface area contributed by atoms with Crippen LogP contribution in [0.1, 0.15) is 18.4 Å². The fourth-order valence-corrected chi connectivity index (χ4v) is 1.69. The molecular formula is C13H8ClF3N2O. The van der Waals surface area contributed by atoms with Crippen LogP contribution in [-0.4, -0.2) is 11.9 Å². The molecule has 0 radical (unpaired) electrons. The first-order chi connectivity index (χ1) is 9.43. The minimum absolute atomic E-state index is 0.0117. The standard InChI is InChI=1S/C13H8ClF3N2O/c14-10-11(16)6(4-9(15)12(10)17)3-7(5-18)13(20)19-8-1-2-8/h3-4,8H,1-2H2,(H,19,20). The van der Waals surface area contributed by atoms with Gasteiger partial charge in [0.1, 0.15) is 16.7 Å². The number of carbonyl (C=O) groups excluding carboxylic acids is 1. The molecular weight excluding hydrogens is 293 g/mol. The molecule has 0 bridgehead atoms. The van der Waals surface area contributed by atoms with Crippen LogP contribution in [0.25, 0.3) is 6.08 Å². The average Bonchev–Trinajstić information content (AvgIpc) is 3.22. The third-order valence-corrected chi connectivity index (χ3v) is 3.04. The summed E-state index contributed by atoms with van der Waals surface area (Å²) in [5.41, 5.74) is -0.866. The fourth-order valence-electron chi connectivity index (χ4n) is 1.49. The molecule has 0 aromatic heterocycles. The van der Waals surface area contributed by atoms with Crippen LogP contribution in [0.5, 0.6) is 0 Å². The Morgan fingerprint density at radius 3 is 2.60 bits per heavy atom. The monoisotopic (exact) mass is 300 g/mol. The molecule has 1 saturated carbocycles. The molecule has 1 N–H and O–H groups in total. The minimum atomic E-state index is -1.51. The van der Waals surface area contributed by atoms with E-state index in [9.17, 15) is 18.0 Å². The number of amides is 1. The summed E-state index contributed by atoms with van der Waals surface area (Å²) in [4.78, 5) is 11.7. The lowest BCUT2D eigenvalue weighted by Crippen LogP contribution is -2.26.